The minimum Gasteiger partial charge on any atom is -0.325 e. The summed E-state index contributed by atoms with van der Waals surface area (Å²) in [6, 6.07) is 23.1. The zero-order valence-corrected chi connectivity index (χ0v) is 27.4. The molecule has 3 heterocycles. The van der Waals surface area contributed by atoms with E-state index in [0.29, 0.717) is 35.6 Å². The molecule has 1 saturated carbocycles. The third-order valence-corrected chi connectivity index (χ3v) is 12.1. The van der Waals surface area contributed by atoms with Crippen molar-refractivity contribution in [1.82, 2.24) is 18.8 Å². The zero-order chi connectivity index (χ0) is 30.3. The fourth-order valence-electron chi connectivity index (χ4n) is 7.14. The molecular weight excluding hydrogens is 611 g/mol. The second-order valence-corrected chi connectivity index (χ2v) is 15.7. The predicted octanol–water partition coefficient (Wildman–Crippen LogP) is 7.85. The minimum absolute atomic E-state index is 0.00792. The van der Waals surface area contributed by atoms with Gasteiger partial charge in [-0.3, -0.25) is 0 Å². The first-order chi connectivity index (χ1) is 21.4. The normalized spacial score (nSPS) is 19.2. The molecule has 6 nitrogen and oxygen atoms in total. The number of piperidine rings is 2. The van der Waals surface area contributed by atoms with Gasteiger partial charge in [-0.05, 0) is 105 Å². The van der Waals surface area contributed by atoms with Gasteiger partial charge in [-0.25, -0.2) is 17.7 Å². The summed E-state index contributed by atoms with van der Waals surface area (Å²) in [6.07, 6.45) is 7.54. The molecule has 9 heteroatoms. The van der Waals surface area contributed by atoms with Crippen LogP contribution in [0.3, 0.4) is 0 Å². The van der Waals surface area contributed by atoms with E-state index in [1.54, 1.807) is 4.31 Å². The highest BCUT2D eigenvalue weighted by Gasteiger charge is 2.35. The molecule has 2 aliphatic heterocycles. The molecule has 0 bridgehead atoms. The van der Waals surface area contributed by atoms with Crippen LogP contribution in [0.5, 0.6) is 0 Å². The predicted molar refractivity (Wildman–Crippen MR) is 179 cm³/mol. The highest BCUT2D eigenvalue weighted by atomic mass is 35.5. The largest absolute Gasteiger partial charge is 0.325 e. The van der Waals surface area contributed by atoms with Crippen LogP contribution in [0, 0.1) is 0 Å². The Morgan fingerprint density at radius 1 is 0.750 bits per heavy atom. The Bertz CT molecular complexity index is 1660. The van der Waals surface area contributed by atoms with E-state index in [2.05, 4.69) is 51.9 Å². The second-order valence-electron chi connectivity index (χ2n) is 12.7. The van der Waals surface area contributed by atoms with E-state index in [4.69, 9.17) is 28.2 Å². The van der Waals surface area contributed by atoms with Crippen molar-refractivity contribution in [3.8, 4) is 0 Å². The molecule has 1 aromatic heterocycles. The van der Waals surface area contributed by atoms with Crippen LogP contribution in [-0.4, -0.2) is 65.7 Å². The van der Waals surface area contributed by atoms with E-state index in [1.165, 1.54) is 24.8 Å². The van der Waals surface area contributed by atoms with Crippen LogP contribution in [0.25, 0.3) is 11.0 Å². The highest BCUT2D eigenvalue weighted by Crippen LogP contribution is 2.44. The van der Waals surface area contributed by atoms with Gasteiger partial charge in [0.25, 0.3) is 0 Å². The number of hydrogen-bond donors (Lipinski definition) is 0. The van der Waals surface area contributed by atoms with Gasteiger partial charge in [0.15, 0.2) is 0 Å². The van der Waals surface area contributed by atoms with Crippen LogP contribution in [0.2, 0.25) is 10.0 Å². The molecule has 4 aromatic rings. The van der Waals surface area contributed by atoms with Crippen LogP contribution in [0.1, 0.15) is 85.3 Å². The fourth-order valence-corrected chi connectivity index (χ4v) is 8.91. The molecule has 7 rings (SSSR count). The standard InChI is InChI=1S/C35H40Cl2N4O2S/c36-29-11-6-25(7-12-29)34(26-8-13-30(37)14-9-26)28-10-15-32-33(24-28)41(35(38-32)27-4-5-27)31-16-20-40(21-17-31)44(42,43)23-22-39-18-2-1-3-19-39/h6-15,24,27,31,34H,1-5,16-23H2. The summed E-state index contributed by atoms with van der Waals surface area (Å²) in [5.74, 6) is 1.88. The number of nitrogens with zero attached hydrogens (tertiary/aromatic N) is 4. The molecule has 0 spiro atoms. The monoisotopic (exact) mass is 650 g/mol. The molecule has 232 valence electrons. The Labute approximate surface area is 271 Å². The van der Waals surface area contributed by atoms with Gasteiger partial charge in [0, 0.05) is 47.6 Å². The summed E-state index contributed by atoms with van der Waals surface area (Å²) in [5.41, 5.74) is 5.66. The molecule has 0 radical (unpaired) electrons. The van der Waals surface area contributed by atoms with Gasteiger partial charge in [-0.1, -0.05) is 60.0 Å². The molecule has 0 amide bonds. The molecule has 0 unspecified atom stereocenters. The first-order valence-corrected chi connectivity index (χ1v) is 18.4. The lowest BCUT2D eigenvalue weighted by atomic mass is 9.85. The SMILES string of the molecule is O=S(=O)(CCN1CCCCC1)N1CCC(n2c(C3CC3)nc3ccc(C(c4ccc(Cl)cc4)c4ccc(Cl)cc4)cc32)CC1. The number of halogens is 2. The maximum Gasteiger partial charge on any atom is 0.215 e. The summed E-state index contributed by atoms with van der Waals surface area (Å²) in [6.45, 7) is 3.82. The maximum absolute atomic E-state index is 13.3. The summed E-state index contributed by atoms with van der Waals surface area (Å²) in [7, 11) is -3.27. The lowest BCUT2D eigenvalue weighted by Gasteiger charge is -2.34. The van der Waals surface area contributed by atoms with Gasteiger partial charge in [-0.2, -0.15) is 0 Å². The van der Waals surface area contributed by atoms with Gasteiger partial charge in [0.1, 0.15) is 5.82 Å². The van der Waals surface area contributed by atoms with Crippen LogP contribution < -0.4 is 0 Å². The van der Waals surface area contributed by atoms with Crippen LogP contribution in [0.4, 0.5) is 0 Å². The van der Waals surface area contributed by atoms with E-state index in [9.17, 15) is 8.42 Å². The fraction of sp³-hybridized carbons (Fsp3) is 0.457. The highest BCUT2D eigenvalue weighted by molar-refractivity contribution is 7.89. The summed E-state index contributed by atoms with van der Waals surface area (Å²) in [5, 5.41) is 1.43. The van der Waals surface area contributed by atoms with Crippen molar-refractivity contribution in [3.63, 3.8) is 0 Å². The quantitative estimate of drug-likeness (QED) is 0.173. The van der Waals surface area contributed by atoms with Crippen molar-refractivity contribution in [3.05, 3.63) is 99.3 Å². The first kappa shape index (κ1) is 30.2. The van der Waals surface area contributed by atoms with Crippen molar-refractivity contribution in [1.29, 1.82) is 0 Å². The average molecular weight is 652 g/mol. The Kier molecular flexibility index (Phi) is 8.77. The number of aromatic nitrogens is 2. The smallest absolute Gasteiger partial charge is 0.215 e. The first-order valence-electron chi connectivity index (χ1n) is 16.1. The molecular formula is C35H40Cl2N4O2S. The molecule has 3 fully saturated rings. The third-order valence-electron chi connectivity index (χ3n) is 9.72. The van der Waals surface area contributed by atoms with E-state index >= 15 is 0 Å². The molecule has 1 aliphatic carbocycles. The molecule has 3 aromatic carbocycles. The number of hydrogen-bond acceptors (Lipinski definition) is 4. The number of benzene rings is 3. The maximum atomic E-state index is 13.3. The molecule has 3 aliphatic rings. The Hall–Kier alpha value is -2.42. The lowest BCUT2D eigenvalue weighted by molar-refractivity contribution is 0.237. The van der Waals surface area contributed by atoms with Crippen molar-refractivity contribution in [2.75, 3.05) is 38.5 Å². The number of imidazole rings is 1. The average Bonchev–Trinajstić information content (AvgIpc) is 3.83. The van der Waals surface area contributed by atoms with Crippen LogP contribution >= 0.6 is 23.2 Å². The summed E-state index contributed by atoms with van der Waals surface area (Å²) >= 11 is 12.5. The number of likely N-dealkylation sites (tertiary alicyclic amines) is 1. The lowest BCUT2D eigenvalue weighted by Crippen LogP contribution is -2.43. The number of rotatable bonds is 9. The van der Waals surface area contributed by atoms with Gasteiger partial charge in [0.2, 0.25) is 10.0 Å². The van der Waals surface area contributed by atoms with E-state index in [-0.39, 0.29) is 17.7 Å². The molecule has 0 N–H and O–H groups in total. The van der Waals surface area contributed by atoms with Gasteiger partial charge < -0.3 is 9.47 Å². The Morgan fingerprint density at radius 2 is 1.34 bits per heavy atom. The van der Waals surface area contributed by atoms with Gasteiger partial charge in [-0.15, -0.1) is 0 Å². The molecule has 0 atom stereocenters. The van der Waals surface area contributed by atoms with Crippen molar-refractivity contribution in [2.45, 2.75) is 62.8 Å². The third kappa shape index (κ3) is 6.45. The van der Waals surface area contributed by atoms with E-state index in [0.717, 1.165) is 66.8 Å². The Balaban J connectivity index is 1.18. The molecule has 44 heavy (non-hydrogen) atoms. The topological polar surface area (TPSA) is 58.4 Å². The van der Waals surface area contributed by atoms with E-state index < -0.39 is 10.0 Å². The van der Waals surface area contributed by atoms with Crippen molar-refractivity contribution >= 4 is 44.3 Å². The minimum atomic E-state index is -3.27. The summed E-state index contributed by atoms with van der Waals surface area (Å²) < 4.78 is 30.8. The van der Waals surface area contributed by atoms with Gasteiger partial charge in [0.05, 0.1) is 16.8 Å². The zero-order valence-electron chi connectivity index (χ0n) is 25.0. The van der Waals surface area contributed by atoms with Gasteiger partial charge >= 0.3 is 0 Å². The number of fused-ring (bicyclic) bond motifs is 1. The Morgan fingerprint density at radius 3 is 1.93 bits per heavy atom. The van der Waals surface area contributed by atoms with Crippen LogP contribution in [0.15, 0.2) is 66.7 Å². The summed E-state index contributed by atoms with van der Waals surface area (Å²) in [4.78, 5) is 7.47. The number of sulfonamides is 1. The van der Waals surface area contributed by atoms with Crippen molar-refractivity contribution < 1.29 is 8.42 Å². The van der Waals surface area contributed by atoms with E-state index in [1.807, 2.05) is 24.3 Å². The van der Waals surface area contributed by atoms with Crippen molar-refractivity contribution in [2.24, 2.45) is 0 Å². The van der Waals surface area contributed by atoms with Crippen LogP contribution in [-0.2, 0) is 10.0 Å². The molecule has 2 saturated heterocycles. The second kappa shape index (κ2) is 12.8.